The average Bonchev–Trinajstić information content (AvgIpc) is 3.59. The molecule has 0 saturated heterocycles. The summed E-state index contributed by atoms with van der Waals surface area (Å²) in [6.45, 7) is 6.35. The fourth-order valence-corrected chi connectivity index (χ4v) is 6.92. The normalized spacial score (nSPS) is 13.6. The summed E-state index contributed by atoms with van der Waals surface area (Å²) in [7, 11) is 0. The highest BCUT2D eigenvalue weighted by Crippen LogP contribution is 2.16. The summed E-state index contributed by atoms with van der Waals surface area (Å²) in [5, 5.41) is 6.76. The Hall–Kier alpha value is -1.06. The van der Waals surface area contributed by atoms with E-state index in [4.69, 9.17) is 0 Å². The molecule has 4 heteroatoms. The summed E-state index contributed by atoms with van der Waals surface area (Å²) in [6.07, 6.45) is 45.8. The van der Waals surface area contributed by atoms with Crippen molar-refractivity contribution in [2.75, 3.05) is 13.1 Å². The van der Waals surface area contributed by atoms with E-state index in [1.165, 1.54) is 199 Å². The predicted octanol–water partition coefficient (Wildman–Crippen LogP) is 12.8. The first-order valence-corrected chi connectivity index (χ1v) is 20.9. The van der Waals surface area contributed by atoms with Crippen LogP contribution in [-0.4, -0.2) is 30.9 Å². The number of amidine groups is 1. The molecule has 4 nitrogen and oxygen atoms in total. The van der Waals surface area contributed by atoms with E-state index < -0.39 is 0 Å². The summed E-state index contributed by atoms with van der Waals surface area (Å²) in [6, 6.07) is 0.0904. The molecule has 1 heterocycles. The lowest BCUT2D eigenvalue weighted by atomic mass is 10.0. The van der Waals surface area contributed by atoms with Crippen LogP contribution in [0, 0.1) is 0 Å². The topological polar surface area (TPSA) is 53.5 Å². The van der Waals surface area contributed by atoms with Crippen molar-refractivity contribution < 1.29 is 4.79 Å². The highest BCUT2D eigenvalue weighted by atomic mass is 16.1. The second kappa shape index (κ2) is 34.3. The van der Waals surface area contributed by atoms with Crippen LogP contribution in [0.3, 0.4) is 0 Å². The van der Waals surface area contributed by atoms with Gasteiger partial charge in [-0.15, -0.1) is 0 Å². The van der Waals surface area contributed by atoms with Gasteiger partial charge in [0.05, 0.1) is 12.6 Å². The molecule has 1 atom stereocenters. The van der Waals surface area contributed by atoms with Gasteiger partial charge < -0.3 is 10.6 Å². The zero-order valence-electron chi connectivity index (χ0n) is 30.9. The maximum Gasteiger partial charge on any atom is 0.220 e. The number of unbranched alkanes of at least 4 members (excludes halogenated alkanes) is 30. The third kappa shape index (κ3) is 28.9. The van der Waals surface area contributed by atoms with Crippen LogP contribution in [0.25, 0.3) is 0 Å². The van der Waals surface area contributed by atoms with Gasteiger partial charge in [-0.25, -0.2) is 0 Å². The van der Waals surface area contributed by atoms with E-state index in [1.54, 1.807) is 0 Å². The molecule has 0 radical (unpaired) electrons. The van der Waals surface area contributed by atoms with Crippen molar-refractivity contribution in [3.05, 3.63) is 0 Å². The Kier molecular flexibility index (Phi) is 32.0. The SMILES string of the molecule is CCCCCCCCCCCCCCCCCCCC(NC(=O)CCCCCCCCCCCCCCCCC)C1=NCCN1. The number of hydrogen-bond donors (Lipinski definition) is 2. The summed E-state index contributed by atoms with van der Waals surface area (Å²) < 4.78 is 0. The van der Waals surface area contributed by atoms with Gasteiger partial charge in [-0.1, -0.05) is 213 Å². The first-order chi connectivity index (χ1) is 22.3. The first-order valence-electron chi connectivity index (χ1n) is 20.9. The largest absolute Gasteiger partial charge is 0.370 e. The number of aliphatic imine (C=N–C) groups is 1. The molecule has 0 bridgehead atoms. The Labute approximate surface area is 282 Å². The lowest BCUT2D eigenvalue weighted by Crippen LogP contribution is -2.45. The minimum absolute atomic E-state index is 0.0904. The number of nitrogens with one attached hydrogen (secondary N) is 2. The molecular weight excluding hydrogens is 550 g/mol. The van der Waals surface area contributed by atoms with Crippen LogP contribution in [0.4, 0.5) is 0 Å². The maximum absolute atomic E-state index is 12.7. The number of hydrogen-bond acceptors (Lipinski definition) is 3. The molecule has 1 unspecified atom stereocenters. The number of rotatable bonds is 36. The van der Waals surface area contributed by atoms with Crippen LogP contribution in [0.2, 0.25) is 0 Å². The molecule has 0 aromatic carbocycles. The molecule has 2 N–H and O–H groups in total. The average molecular weight is 632 g/mol. The molecular formula is C41H81N3O. The maximum atomic E-state index is 12.7. The molecule has 266 valence electrons. The molecule has 0 spiro atoms. The number of amides is 1. The highest BCUT2D eigenvalue weighted by Gasteiger charge is 2.20. The molecule has 1 amide bonds. The first kappa shape index (κ1) is 42.0. The number of carbonyl (C=O) groups is 1. The lowest BCUT2D eigenvalue weighted by molar-refractivity contribution is -0.121. The third-order valence-electron chi connectivity index (χ3n) is 9.97. The number of carbonyl (C=O) groups excluding carboxylic acids is 1. The Balaban J connectivity index is 1.94. The summed E-state index contributed by atoms with van der Waals surface area (Å²) in [5.74, 6) is 1.24. The van der Waals surface area contributed by atoms with Crippen molar-refractivity contribution in [3.63, 3.8) is 0 Å². The highest BCUT2D eigenvalue weighted by molar-refractivity contribution is 5.92. The molecule has 0 fully saturated rings. The quantitative estimate of drug-likeness (QED) is 0.0676. The van der Waals surface area contributed by atoms with Gasteiger partial charge >= 0.3 is 0 Å². The molecule has 0 saturated carbocycles. The van der Waals surface area contributed by atoms with E-state index in [2.05, 4.69) is 29.5 Å². The molecule has 45 heavy (non-hydrogen) atoms. The second-order valence-electron chi connectivity index (χ2n) is 14.5. The molecule has 0 aliphatic carbocycles. The smallest absolute Gasteiger partial charge is 0.220 e. The van der Waals surface area contributed by atoms with Gasteiger partial charge in [0, 0.05) is 13.0 Å². The predicted molar refractivity (Wildman–Crippen MR) is 201 cm³/mol. The zero-order chi connectivity index (χ0) is 32.3. The lowest BCUT2D eigenvalue weighted by Gasteiger charge is -2.19. The number of nitrogens with zero attached hydrogens (tertiary/aromatic N) is 1. The molecule has 0 aromatic heterocycles. The van der Waals surface area contributed by atoms with Gasteiger partial charge in [0.25, 0.3) is 0 Å². The minimum Gasteiger partial charge on any atom is -0.370 e. The third-order valence-corrected chi connectivity index (χ3v) is 9.97. The molecule has 1 aliphatic rings. The summed E-state index contributed by atoms with van der Waals surface area (Å²) >= 11 is 0. The van der Waals surface area contributed by atoms with Crippen LogP contribution < -0.4 is 10.6 Å². The van der Waals surface area contributed by atoms with Crippen LogP contribution in [-0.2, 0) is 4.79 Å². The van der Waals surface area contributed by atoms with Gasteiger partial charge in [-0.2, -0.15) is 0 Å². The molecule has 1 aliphatic heterocycles. The Bertz CT molecular complexity index is 649. The fraction of sp³-hybridized carbons (Fsp3) is 0.951. The monoisotopic (exact) mass is 632 g/mol. The zero-order valence-corrected chi connectivity index (χ0v) is 30.9. The van der Waals surface area contributed by atoms with E-state index in [1.807, 2.05) is 0 Å². The van der Waals surface area contributed by atoms with E-state index >= 15 is 0 Å². The van der Waals surface area contributed by atoms with Crippen molar-refractivity contribution in [1.82, 2.24) is 10.6 Å². The van der Waals surface area contributed by atoms with Gasteiger partial charge in [0.2, 0.25) is 5.91 Å². The fourth-order valence-electron chi connectivity index (χ4n) is 6.92. The van der Waals surface area contributed by atoms with E-state index in [0.29, 0.717) is 6.42 Å². The van der Waals surface area contributed by atoms with Crippen LogP contribution in [0.5, 0.6) is 0 Å². The van der Waals surface area contributed by atoms with E-state index in [9.17, 15) is 4.79 Å². The van der Waals surface area contributed by atoms with Crippen molar-refractivity contribution >= 4 is 11.7 Å². The molecule has 1 rings (SSSR count). The van der Waals surface area contributed by atoms with Crippen molar-refractivity contribution in [3.8, 4) is 0 Å². The van der Waals surface area contributed by atoms with Crippen LogP contribution in [0.1, 0.15) is 232 Å². The summed E-state index contributed by atoms with van der Waals surface area (Å²) in [4.78, 5) is 17.4. The van der Waals surface area contributed by atoms with Gasteiger partial charge in [0.15, 0.2) is 0 Å². The van der Waals surface area contributed by atoms with Gasteiger partial charge in [-0.3, -0.25) is 9.79 Å². The Morgan fingerprint density at radius 3 is 1.20 bits per heavy atom. The van der Waals surface area contributed by atoms with E-state index in [-0.39, 0.29) is 11.9 Å². The van der Waals surface area contributed by atoms with Crippen LogP contribution in [0.15, 0.2) is 4.99 Å². The van der Waals surface area contributed by atoms with Crippen molar-refractivity contribution in [2.24, 2.45) is 4.99 Å². The summed E-state index contributed by atoms with van der Waals surface area (Å²) in [5.41, 5.74) is 0. The second-order valence-corrected chi connectivity index (χ2v) is 14.5. The van der Waals surface area contributed by atoms with Crippen molar-refractivity contribution in [2.45, 2.75) is 238 Å². The van der Waals surface area contributed by atoms with E-state index in [0.717, 1.165) is 31.8 Å². The Morgan fingerprint density at radius 1 is 0.533 bits per heavy atom. The van der Waals surface area contributed by atoms with Gasteiger partial charge in [0.1, 0.15) is 5.84 Å². The van der Waals surface area contributed by atoms with Gasteiger partial charge in [-0.05, 0) is 12.8 Å². The molecule has 0 aromatic rings. The van der Waals surface area contributed by atoms with Crippen LogP contribution >= 0.6 is 0 Å². The standard InChI is InChI=1S/C41H81N3O/c1-3-5-7-9-11-13-15-17-19-20-22-23-25-27-29-31-33-35-39(41-42-37-38-43-41)44-40(45)36-34-32-30-28-26-24-21-18-16-14-12-10-8-6-4-2/h39H,3-38H2,1-2H3,(H,42,43)(H,44,45). The minimum atomic E-state index is 0.0904. The Morgan fingerprint density at radius 2 is 0.867 bits per heavy atom. The van der Waals surface area contributed by atoms with Crippen molar-refractivity contribution in [1.29, 1.82) is 0 Å².